The molecule has 0 fully saturated rings. The van der Waals surface area contributed by atoms with E-state index in [1.807, 2.05) is 18.2 Å². The van der Waals surface area contributed by atoms with Gasteiger partial charge in [0.05, 0.1) is 6.10 Å². The van der Waals surface area contributed by atoms with Gasteiger partial charge in [-0.2, -0.15) is 0 Å². The van der Waals surface area contributed by atoms with Gasteiger partial charge in [-0.15, -0.1) is 0 Å². The zero-order valence-electron chi connectivity index (χ0n) is 14.9. The van der Waals surface area contributed by atoms with Crippen molar-refractivity contribution in [3.05, 3.63) is 35.9 Å². The lowest BCUT2D eigenvalue weighted by Crippen LogP contribution is -2.47. The van der Waals surface area contributed by atoms with Crippen molar-refractivity contribution in [3.8, 4) is 0 Å². The number of hydrogen-bond acceptors (Lipinski definition) is 4. The number of benzene rings is 1. The van der Waals surface area contributed by atoms with E-state index in [2.05, 4.69) is 32.9 Å². The largest absolute Gasteiger partial charge is 0.501 e. The van der Waals surface area contributed by atoms with Gasteiger partial charge in [0, 0.05) is 19.3 Å². The number of rotatable bonds is 13. The topological polar surface area (TPSA) is 53.7 Å². The van der Waals surface area contributed by atoms with Crippen molar-refractivity contribution in [2.24, 2.45) is 5.73 Å². The number of nitrogens with two attached hydrogens (primary N) is 1. The van der Waals surface area contributed by atoms with E-state index < -0.39 is 8.80 Å². The minimum atomic E-state index is -2.71. The Morgan fingerprint density at radius 2 is 1.61 bits per heavy atom. The summed E-state index contributed by atoms with van der Waals surface area (Å²) in [5, 5.41) is 0. The fraction of sp³-hybridized carbons (Fsp3) is 0.667. The molecule has 0 aliphatic heterocycles. The van der Waals surface area contributed by atoms with Crippen LogP contribution in [0.2, 0.25) is 6.04 Å². The molecule has 0 aromatic heterocycles. The molecule has 1 atom stereocenters. The molecule has 1 unspecified atom stereocenters. The first-order chi connectivity index (χ1) is 11.2. The Kier molecular flexibility index (Phi) is 10.4. The molecule has 0 radical (unpaired) electrons. The first-order valence-corrected chi connectivity index (χ1v) is 10.8. The highest BCUT2D eigenvalue weighted by molar-refractivity contribution is 6.60. The van der Waals surface area contributed by atoms with Crippen molar-refractivity contribution in [1.29, 1.82) is 0 Å². The summed E-state index contributed by atoms with van der Waals surface area (Å²) in [5.41, 5.74) is 6.90. The van der Waals surface area contributed by atoms with Crippen molar-refractivity contribution in [2.75, 3.05) is 19.8 Å². The summed E-state index contributed by atoms with van der Waals surface area (Å²) in [6, 6.07) is 11.1. The van der Waals surface area contributed by atoms with Crippen molar-refractivity contribution < 1.29 is 13.3 Å². The molecule has 5 heteroatoms. The molecule has 0 saturated heterocycles. The molecule has 132 valence electrons. The predicted octanol–water partition coefficient (Wildman–Crippen LogP) is 4.30. The number of hydrogen-bond donors (Lipinski definition) is 1. The second-order valence-corrected chi connectivity index (χ2v) is 8.38. The monoisotopic (exact) mass is 339 g/mol. The third-order valence-corrected chi connectivity index (χ3v) is 6.50. The summed E-state index contributed by atoms with van der Waals surface area (Å²) in [5.74, 6) is 0. The molecule has 0 spiro atoms. The van der Waals surface area contributed by atoms with E-state index in [9.17, 15) is 0 Å². The van der Waals surface area contributed by atoms with Crippen LogP contribution in [0.3, 0.4) is 0 Å². The quantitative estimate of drug-likeness (QED) is 0.545. The van der Waals surface area contributed by atoms with Gasteiger partial charge in [0.1, 0.15) is 0 Å². The molecule has 0 bridgehead atoms. The SMILES string of the molecule is CCCO[Si](CCCN)(OCCC)OC(CC)c1ccccc1. The Morgan fingerprint density at radius 1 is 1.00 bits per heavy atom. The summed E-state index contributed by atoms with van der Waals surface area (Å²) < 4.78 is 18.9. The van der Waals surface area contributed by atoms with Crippen LogP contribution < -0.4 is 5.73 Å². The van der Waals surface area contributed by atoms with Gasteiger partial charge in [-0.25, -0.2) is 0 Å². The van der Waals surface area contributed by atoms with E-state index in [1.54, 1.807) is 0 Å². The highest BCUT2D eigenvalue weighted by Crippen LogP contribution is 2.29. The van der Waals surface area contributed by atoms with Crippen LogP contribution in [0.5, 0.6) is 0 Å². The first kappa shape index (κ1) is 20.3. The lowest BCUT2D eigenvalue weighted by Gasteiger charge is -2.33. The molecule has 0 aliphatic rings. The lowest BCUT2D eigenvalue weighted by molar-refractivity contribution is 0.0240. The second kappa shape index (κ2) is 11.8. The minimum absolute atomic E-state index is 0.00866. The van der Waals surface area contributed by atoms with Crippen molar-refractivity contribution in [3.63, 3.8) is 0 Å². The van der Waals surface area contributed by atoms with Gasteiger partial charge in [-0.1, -0.05) is 51.1 Å². The van der Waals surface area contributed by atoms with Crippen LogP contribution in [-0.4, -0.2) is 28.6 Å². The van der Waals surface area contributed by atoms with Crippen molar-refractivity contribution in [2.45, 2.75) is 58.6 Å². The molecule has 0 amide bonds. The lowest BCUT2D eigenvalue weighted by atomic mass is 10.1. The van der Waals surface area contributed by atoms with E-state index in [-0.39, 0.29) is 6.10 Å². The molecule has 23 heavy (non-hydrogen) atoms. The third-order valence-electron chi connectivity index (χ3n) is 3.60. The van der Waals surface area contributed by atoms with Gasteiger partial charge in [0.25, 0.3) is 0 Å². The van der Waals surface area contributed by atoms with Gasteiger partial charge in [-0.3, -0.25) is 0 Å². The molecular formula is C18H33NO3Si. The smallest absolute Gasteiger partial charge is 0.373 e. The average molecular weight is 340 g/mol. The predicted molar refractivity (Wildman–Crippen MR) is 97.3 cm³/mol. The summed E-state index contributed by atoms with van der Waals surface area (Å²) in [4.78, 5) is 0. The van der Waals surface area contributed by atoms with Crippen LogP contribution in [-0.2, 0) is 13.3 Å². The summed E-state index contributed by atoms with van der Waals surface area (Å²) >= 11 is 0. The van der Waals surface area contributed by atoms with E-state index in [4.69, 9.17) is 19.0 Å². The zero-order valence-corrected chi connectivity index (χ0v) is 15.9. The first-order valence-electron chi connectivity index (χ1n) is 8.92. The van der Waals surface area contributed by atoms with Crippen LogP contribution in [0.4, 0.5) is 0 Å². The van der Waals surface area contributed by atoms with Crippen LogP contribution in [0, 0.1) is 0 Å². The molecule has 2 N–H and O–H groups in total. The Morgan fingerprint density at radius 3 is 2.09 bits per heavy atom. The summed E-state index contributed by atoms with van der Waals surface area (Å²) in [6.07, 6.45) is 3.68. The van der Waals surface area contributed by atoms with Crippen LogP contribution in [0.1, 0.15) is 58.1 Å². The van der Waals surface area contributed by atoms with E-state index in [0.717, 1.165) is 31.7 Å². The standard InChI is InChI=1S/C18H33NO3Si/c1-4-14-20-23(16-10-13-19,21-15-5-2)22-18(6-3)17-11-8-7-9-12-17/h7-9,11-12,18H,4-6,10,13-16,19H2,1-3H3. The van der Waals surface area contributed by atoms with Gasteiger partial charge >= 0.3 is 8.80 Å². The minimum Gasteiger partial charge on any atom is -0.373 e. The summed E-state index contributed by atoms with van der Waals surface area (Å²) in [7, 11) is -2.71. The third kappa shape index (κ3) is 7.14. The maximum Gasteiger partial charge on any atom is 0.501 e. The second-order valence-electron chi connectivity index (χ2n) is 5.70. The molecule has 0 saturated carbocycles. The molecule has 1 aromatic carbocycles. The average Bonchev–Trinajstić information content (AvgIpc) is 2.61. The Bertz CT molecular complexity index is 381. The maximum atomic E-state index is 6.52. The molecule has 4 nitrogen and oxygen atoms in total. The van der Waals surface area contributed by atoms with E-state index in [1.165, 1.54) is 5.56 Å². The van der Waals surface area contributed by atoms with E-state index in [0.29, 0.717) is 19.8 Å². The Hall–Kier alpha value is -0.723. The fourth-order valence-corrected chi connectivity index (χ4v) is 5.45. The Labute approximate surface area is 142 Å². The van der Waals surface area contributed by atoms with Crippen molar-refractivity contribution >= 4 is 8.80 Å². The van der Waals surface area contributed by atoms with Gasteiger partial charge in [-0.05, 0) is 37.8 Å². The van der Waals surface area contributed by atoms with Crippen molar-refractivity contribution in [1.82, 2.24) is 0 Å². The van der Waals surface area contributed by atoms with Crippen LogP contribution >= 0.6 is 0 Å². The maximum absolute atomic E-state index is 6.52. The zero-order chi connectivity index (χ0) is 17.0. The molecule has 1 aromatic rings. The van der Waals surface area contributed by atoms with Crippen LogP contribution in [0.25, 0.3) is 0 Å². The van der Waals surface area contributed by atoms with Gasteiger partial charge in [0.2, 0.25) is 0 Å². The van der Waals surface area contributed by atoms with Gasteiger partial charge < -0.3 is 19.0 Å². The summed E-state index contributed by atoms with van der Waals surface area (Å²) in [6.45, 7) is 8.33. The molecule has 1 rings (SSSR count). The fourth-order valence-electron chi connectivity index (χ4n) is 2.42. The highest BCUT2D eigenvalue weighted by Gasteiger charge is 2.42. The van der Waals surface area contributed by atoms with Crippen LogP contribution in [0.15, 0.2) is 30.3 Å². The molecular weight excluding hydrogens is 306 g/mol. The van der Waals surface area contributed by atoms with E-state index >= 15 is 0 Å². The normalized spacial score (nSPS) is 13.2. The molecule has 0 heterocycles. The van der Waals surface area contributed by atoms with Gasteiger partial charge in [0.15, 0.2) is 0 Å². The highest BCUT2D eigenvalue weighted by atomic mass is 28.4. The molecule has 0 aliphatic carbocycles. The Balaban J connectivity index is 2.93.